The lowest BCUT2D eigenvalue weighted by Crippen LogP contribution is -2.58. The highest BCUT2D eigenvalue weighted by Crippen LogP contribution is 2.50. The van der Waals surface area contributed by atoms with Crippen molar-refractivity contribution in [1.29, 1.82) is 0 Å². The van der Waals surface area contributed by atoms with Crippen LogP contribution in [0.2, 0.25) is 0 Å². The molecule has 0 aromatic heterocycles. The largest absolute Gasteiger partial charge is 0.497 e. The molecule has 0 bridgehead atoms. The Balaban J connectivity index is 1.56. The number of hydrogen-bond acceptors (Lipinski definition) is 5. The van der Waals surface area contributed by atoms with E-state index in [4.69, 9.17) is 14.6 Å². The van der Waals surface area contributed by atoms with Gasteiger partial charge in [0.2, 0.25) is 5.72 Å². The second-order valence-electron chi connectivity index (χ2n) is 8.23. The first-order valence-electron chi connectivity index (χ1n) is 10.1. The number of fused-ring (bicyclic) bond motifs is 4. The van der Waals surface area contributed by atoms with Gasteiger partial charge < -0.3 is 14.4 Å². The number of nitrogens with zero attached hydrogens (tertiary/aromatic N) is 3. The number of aryl methyl sites for hydroxylation is 1. The van der Waals surface area contributed by atoms with Gasteiger partial charge in [-0.2, -0.15) is 5.10 Å². The molecule has 1 atom stereocenters. The Morgan fingerprint density at radius 3 is 2.57 bits per heavy atom. The zero-order valence-electron chi connectivity index (χ0n) is 16.8. The average molecular weight is 377 g/mol. The minimum Gasteiger partial charge on any atom is -0.497 e. The quantitative estimate of drug-likeness (QED) is 0.794. The molecule has 0 N–H and O–H groups in total. The number of methoxy groups -OCH3 is 1. The third kappa shape index (κ3) is 2.76. The van der Waals surface area contributed by atoms with E-state index >= 15 is 0 Å². The molecule has 1 spiro atoms. The molecule has 3 aliphatic heterocycles. The van der Waals surface area contributed by atoms with Crippen molar-refractivity contribution in [3.63, 3.8) is 0 Å². The van der Waals surface area contributed by atoms with Gasteiger partial charge in [0, 0.05) is 37.9 Å². The molecule has 5 nitrogen and oxygen atoms in total. The first kappa shape index (κ1) is 17.6. The van der Waals surface area contributed by atoms with Crippen LogP contribution in [0.3, 0.4) is 0 Å². The van der Waals surface area contributed by atoms with Crippen LogP contribution in [-0.2, 0) is 0 Å². The van der Waals surface area contributed by atoms with Crippen molar-refractivity contribution in [3.05, 3.63) is 59.2 Å². The Bertz CT molecular complexity index is 914. The summed E-state index contributed by atoms with van der Waals surface area (Å²) in [6, 6.07) is 15.0. The predicted octanol–water partition coefficient (Wildman–Crippen LogP) is 3.97. The van der Waals surface area contributed by atoms with Crippen molar-refractivity contribution in [2.75, 3.05) is 27.2 Å². The van der Waals surface area contributed by atoms with Gasteiger partial charge in [0.15, 0.2) is 0 Å². The zero-order chi connectivity index (χ0) is 19.3. The van der Waals surface area contributed by atoms with Crippen LogP contribution < -0.4 is 9.47 Å². The summed E-state index contributed by atoms with van der Waals surface area (Å²) in [7, 11) is 3.88. The summed E-state index contributed by atoms with van der Waals surface area (Å²) in [6.07, 6.45) is 2.84. The maximum absolute atomic E-state index is 6.67. The molecule has 1 unspecified atom stereocenters. The van der Waals surface area contributed by atoms with Crippen LogP contribution in [0.1, 0.15) is 42.0 Å². The van der Waals surface area contributed by atoms with Gasteiger partial charge in [-0.15, -0.1) is 0 Å². The Morgan fingerprint density at radius 2 is 1.86 bits per heavy atom. The molecular formula is C23H27N3O2. The highest BCUT2D eigenvalue weighted by atomic mass is 16.5. The van der Waals surface area contributed by atoms with Crippen LogP contribution in [0.15, 0.2) is 47.6 Å². The van der Waals surface area contributed by atoms with Gasteiger partial charge in [-0.05, 0) is 49.9 Å². The molecular weight excluding hydrogens is 350 g/mol. The lowest BCUT2D eigenvalue weighted by atomic mass is 9.90. The topological polar surface area (TPSA) is 37.3 Å². The van der Waals surface area contributed by atoms with Crippen LogP contribution in [0.5, 0.6) is 11.5 Å². The fourth-order valence-corrected chi connectivity index (χ4v) is 4.66. The number of hydrogen-bond donors (Lipinski definition) is 0. The number of hydrazone groups is 1. The van der Waals surface area contributed by atoms with Crippen LogP contribution in [0.4, 0.5) is 0 Å². The molecule has 0 radical (unpaired) electrons. The maximum Gasteiger partial charge on any atom is 0.200 e. The summed E-state index contributed by atoms with van der Waals surface area (Å²) < 4.78 is 12.0. The molecule has 1 fully saturated rings. The van der Waals surface area contributed by atoms with Gasteiger partial charge in [0.1, 0.15) is 11.5 Å². The van der Waals surface area contributed by atoms with Crippen LogP contribution in [0.25, 0.3) is 0 Å². The Labute approximate surface area is 166 Å². The van der Waals surface area contributed by atoms with Gasteiger partial charge in [-0.25, -0.2) is 5.01 Å². The fraction of sp³-hybridized carbons (Fsp3) is 0.435. The van der Waals surface area contributed by atoms with Crippen molar-refractivity contribution >= 4 is 5.71 Å². The van der Waals surface area contributed by atoms with Crippen molar-refractivity contribution in [3.8, 4) is 11.5 Å². The van der Waals surface area contributed by atoms with Crippen LogP contribution in [0, 0.1) is 6.92 Å². The average Bonchev–Trinajstić information content (AvgIpc) is 3.18. The third-order valence-corrected chi connectivity index (χ3v) is 6.34. The predicted molar refractivity (Wildman–Crippen MR) is 110 cm³/mol. The second kappa shape index (κ2) is 6.52. The van der Waals surface area contributed by atoms with Gasteiger partial charge in [-0.3, -0.25) is 0 Å². The molecule has 28 heavy (non-hydrogen) atoms. The highest BCUT2D eigenvalue weighted by Gasteiger charge is 2.51. The molecule has 2 aromatic carbocycles. The number of likely N-dealkylation sites (tertiary alicyclic amines) is 1. The van der Waals surface area contributed by atoms with E-state index < -0.39 is 0 Å². The lowest BCUT2D eigenvalue weighted by molar-refractivity contribution is -0.147. The van der Waals surface area contributed by atoms with E-state index in [2.05, 4.69) is 54.2 Å². The van der Waals surface area contributed by atoms with E-state index in [9.17, 15) is 0 Å². The SMILES string of the molecule is COc1ccc(C2=NN3C(C2)c2cc(C)ccc2OC32CCN(C)CC2)cc1. The Morgan fingerprint density at radius 1 is 1.11 bits per heavy atom. The fourth-order valence-electron chi connectivity index (χ4n) is 4.66. The highest BCUT2D eigenvalue weighted by molar-refractivity contribution is 6.02. The van der Waals surface area contributed by atoms with Gasteiger partial charge in [0.25, 0.3) is 0 Å². The molecule has 0 saturated carbocycles. The van der Waals surface area contributed by atoms with E-state index in [0.717, 1.165) is 55.1 Å². The minimum atomic E-state index is -0.340. The molecule has 146 valence electrons. The van der Waals surface area contributed by atoms with Gasteiger partial charge in [-0.1, -0.05) is 17.7 Å². The Hall–Kier alpha value is -2.53. The number of benzene rings is 2. The minimum absolute atomic E-state index is 0.240. The van der Waals surface area contributed by atoms with E-state index in [1.165, 1.54) is 11.1 Å². The number of rotatable bonds is 2. The van der Waals surface area contributed by atoms with E-state index in [1.54, 1.807) is 7.11 Å². The van der Waals surface area contributed by atoms with Crippen molar-refractivity contribution in [2.24, 2.45) is 5.10 Å². The molecule has 3 heterocycles. The van der Waals surface area contributed by atoms with Crippen molar-refractivity contribution in [2.45, 2.75) is 38.0 Å². The standard InChI is InChI=1S/C23H27N3O2/c1-16-4-9-22-19(14-16)21-15-20(17-5-7-18(27-3)8-6-17)24-26(21)23(28-22)10-12-25(2)13-11-23/h4-9,14,21H,10-13,15H2,1-3H3. The summed E-state index contributed by atoms with van der Waals surface area (Å²) in [4.78, 5) is 2.37. The van der Waals surface area contributed by atoms with Crippen LogP contribution >= 0.6 is 0 Å². The molecule has 2 aromatic rings. The van der Waals surface area contributed by atoms with E-state index in [1.807, 2.05) is 12.1 Å². The monoisotopic (exact) mass is 377 g/mol. The molecule has 5 heteroatoms. The number of piperidine rings is 1. The molecule has 1 saturated heterocycles. The molecule has 0 aliphatic carbocycles. The normalized spacial score (nSPS) is 23.0. The first-order chi connectivity index (χ1) is 13.6. The van der Waals surface area contributed by atoms with E-state index in [0.29, 0.717) is 0 Å². The van der Waals surface area contributed by atoms with E-state index in [-0.39, 0.29) is 11.8 Å². The zero-order valence-corrected chi connectivity index (χ0v) is 16.8. The second-order valence-corrected chi connectivity index (χ2v) is 8.23. The summed E-state index contributed by atoms with van der Waals surface area (Å²) in [6.45, 7) is 4.19. The smallest absolute Gasteiger partial charge is 0.200 e. The molecule has 0 amide bonds. The summed E-state index contributed by atoms with van der Waals surface area (Å²) in [5, 5.41) is 7.41. The molecule has 5 rings (SSSR count). The number of ether oxygens (including phenoxy) is 2. The lowest BCUT2D eigenvalue weighted by Gasteiger charge is -2.50. The van der Waals surface area contributed by atoms with Crippen LogP contribution in [-0.4, -0.2) is 48.6 Å². The third-order valence-electron chi connectivity index (χ3n) is 6.34. The summed E-state index contributed by atoms with van der Waals surface area (Å²) in [5.74, 6) is 1.90. The molecule has 3 aliphatic rings. The summed E-state index contributed by atoms with van der Waals surface area (Å²) >= 11 is 0. The van der Waals surface area contributed by atoms with Gasteiger partial charge in [0.05, 0.1) is 18.9 Å². The van der Waals surface area contributed by atoms with Crippen molar-refractivity contribution < 1.29 is 9.47 Å². The summed E-state index contributed by atoms with van der Waals surface area (Å²) in [5.41, 5.74) is 4.47. The maximum atomic E-state index is 6.67. The van der Waals surface area contributed by atoms with Gasteiger partial charge >= 0.3 is 0 Å². The van der Waals surface area contributed by atoms with Crippen molar-refractivity contribution in [1.82, 2.24) is 9.91 Å². The Kier molecular flexibility index (Phi) is 4.09. The first-order valence-corrected chi connectivity index (χ1v) is 10.1.